The van der Waals surface area contributed by atoms with Crippen LogP contribution in [0.4, 0.5) is 22.0 Å². The first-order valence-electron chi connectivity index (χ1n) is 23.3. The van der Waals surface area contributed by atoms with Gasteiger partial charge in [-0.05, 0) is 82.0 Å². The fourth-order valence-electron chi connectivity index (χ4n) is 8.31. The smallest absolute Gasteiger partial charge is 0.268 e. The van der Waals surface area contributed by atoms with E-state index in [0.29, 0.717) is 12.0 Å². The number of para-hydroxylation sites is 1. The molecule has 21 nitrogen and oxygen atoms in total. The van der Waals surface area contributed by atoms with Gasteiger partial charge in [0.2, 0.25) is 17.7 Å². The Morgan fingerprint density at radius 3 is 2.29 bits per heavy atom. The number of carbonyl (C=O) groups excluding carboxylic acids is 4. The van der Waals surface area contributed by atoms with Gasteiger partial charge in [0.15, 0.2) is 23.2 Å². The number of pyridine rings is 1. The highest BCUT2D eigenvalue weighted by atomic mass is 19.1. The van der Waals surface area contributed by atoms with Crippen molar-refractivity contribution in [3.05, 3.63) is 151 Å². The monoisotopic (exact) mass is 1030 g/mol. The molecule has 0 fully saturated rings. The van der Waals surface area contributed by atoms with Crippen molar-refractivity contribution in [2.75, 3.05) is 45.1 Å². The maximum absolute atomic E-state index is 14.2. The van der Waals surface area contributed by atoms with Crippen LogP contribution in [-0.4, -0.2) is 114 Å². The van der Waals surface area contributed by atoms with Gasteiger partial charge in [0.05, 0.1) is 54.7 Å². The van der Waals surface area contributed by atoms with Crippen molar-refractivity contribution in [2.24, 2.45) is 11.7 Å². The number of ketones is 4. The second kappa shape index (κ2) is 24.5. The molecule has 0 bridgehead atoms. The zero-order valence-corrected chi connectivity index (χ0v) is 41.5. The molecule has 8 rings (SSSR count). The lowest BCUT2D eigenvalue weighted by Gasteiger charge is -2.29. The van der Waals surface area contributed by atoms with Crippen LogP contribution in [0.2, 0.25) is 0 Å². The van der Waals surface area contributed by atoms with E-state index in [1.54, 1.807) is 26.0 Å². The maximum Gasteiger partial charge on any atom is 0.268 e. The molecule has 22 heteroatoms. The largest absolute Gasteiger partial charge is 0.507 e. The minimum atomic E-state index is -0.764. The summed E-state index contributed by atoms with van der Waals surface area (Å²) in [5.74, 6) is -3.44. The third kappa shape index (κ3) is 12.3. The summed E-state index contributed by atoms with van der Waals surface area (Å²) in [4.78, 5) is 76.4. The molecule has 2 aliphatic rings. The molecule has 0 aliphatic heterocycles. The number of phenolic OH excluding ortho intramolecular Hbond substituents is 2. The quantitative estimate of drug-likeness (QED) is 0.0532. The number of aromatic hydroxyl groups is 2. The number of nitrogen functional groups attached to an aromatic ring is 1. The number of halogens is 1. The molecule has 2 aromatic heterocycles. The van der Waals surface area contributed by atoms with E-state index in [9.17, 15) is 43.8 Å². The zero-order valence-electron chi connectivity index (χ0n) is 41.5. The Morgan fingerprint density at radius 1 is 0.933 bits per heavy atom. The zero-order chi connectivity index (χ0) is 54.8. The van der Waals surface area contributed by atoms with Crippen LogP contribution in [0.5, 0.6) is 23.0 Å². The molecular weight excluding hydrogens is 976 g/mol. The van der Waals surface area contributed by atoms with E-state index in [-0.39, 0.29) is 130 Å². The fraction of sp³-hybridized carbons (Fsp3) is 0.302. The SMILES string of the molecule is COCC(O)C(N)CO.COc1cccc2c1C(=O)c1c(O)c3c(c(O)c1C2=O)C[C@@H](C(=O)CO)CC3.Cc1ccccc1Nc1nc(N)nc(COc2ccc(F)cc2C(=O)c2cc(C#N)c(=O)n(C(C)C)c2)n1. The first-order valence-corrected chi connectivity index (χ1v) is 23.3. The summed E-state index contributed by atoms with van der Waals surface area (Å²) in [6.07, 6.45) is 1.30. The number of aliphatic hydroxyl groups is 3. The molecule has 0 saturated carbocycles. The normalized spacial score (nSPS) is 14.1. The van der Waals surface area contributed by atoms with Gasteiger partial charge in [-0.25, -0.2) is 4.39 Å². The molecule has 0 radical (unpaired) electrons. The summed E-state index contributed by atoms with van der Waals surface area (Å²) in [6, 6.07) is 17.7. The number of aliphatic hydroxyl groups excluding tert-OH is 3. The van der Waals surface area contributed by atoms with E-state index in [1.165, 1.54) is 43.2 Å². The predicted molar refractivity (Wildman–Crippen MR) is 269 cm³/mol. The Hall–Kier alpha value is -8.46. The van der Waals surface area contributed by atoms with Gasteiger partial charge in [0.25, 0.3) is 5.56 Å². The van der Waals surface area contributed by atoms with E-state index < -0.39 is 53.4 Å². The molecule has 4 aromatic carbocycles. The van der Waals surface area contributed by atoms with Gasteiger partial charge in [0, 0.05) is 53.2 Å². The van der Waals surface area contributed by atoms with Gasteiger partial charge in [0.1, 0.15) is 53.7 Å². The molecule has 6 aromatic rings. The van der Waals surface area contributed by atoms with Crippen LogP contribution in [0.1, 0.15) is 102 Å². The van der Waals surface area contributed by atoms with Crippen LogP contribution >= 0.6 is 0 Å². The number of fused-ring (bicyclic) bond motifs is 3. The number of nitrogens with zero attached hydrogens (tertiary/aromatic N) is 5. The first-order chi connectivity index (χ1) is 35.8. The average molecular weight is 1030 g/mol. The van der Waals surface area contributed by atoms with Crippen LogP contribution < -0.4 is 31.8 Å². The van der Waals surface area contributed by atoms with Gasteiger partial charge in [-0.15, -0.1) is 0 Å². The van der Waals surface area contributed by atoms with Crippen LogP contribution in [0.15, 0.2) is 77.7 Å². The van der Waals surface area contributed by atoms with Crippen molar-refractivity contribution in [1.82, 2.24) is 19.5 Å². The van der Waals surface area contributed by atoms with E-state index in [0.717, 1.165) is 23.4 Å². The van der Waals surface area contributed by atoms with Crippen LogP contribution in [0.3, 0.4) is 0 Å². The summed E-state index contributed by atoms with van der Waals surface area (Å²) < 4.78 is 31.1. The van der Waals surface area contributed by atoms with Gasteiger partial charge >= 0.3 is 0 Å². The lowest BCUT2D eigenvalue weighted by atomic mass is 9.75. The molecule has 392 valence electrons. The van der Waals surface area contributed by atoms with E-state index in [4.69, 9.17) is 36.3 Å². The van der Waals surface area contributed by atoms with Crippen molar-refractivity contribution in [3.8, 4) is 29.1 Å². The fourth-order valence-corrected chi connectivity index (χ4v) is 8.31. The maximum atomic E-state index is 14.2. The topological polar surface area (TPSA) is 346 Å². The number of nitrogens with one attached hydrogen (secondary N) is 1. The number of aromatic nitrogens is 4. The number of methoxy groups -OCH3 is 2. The predicted octanol–water partition coefficient (Wildman–Crippen LogP) is 3.93. The summed E-state index contributed by atoms with van der Waals surface area (Å²) >= 11 is 0. The van der Waals surface area contributed by atoms with Gasteiger partial charge in [-0.2, -0.15) is 20.2 Å². The van der Waals surface area contributed by atoms with Gasteiger partial charge < -0.3 is 61.1 Å². The molecule has 2 unspecified atom stereocenters. The molecule has 2 heterocycles. The number of hydrogen-bond donors (Lipinski definition) is 8. The van der Waals surface area contributed by atoms with E-state index in [2.05, 4.69) is 25.0 Å². The lowest BCUT2D eigenvalue weighted by molar-refractivity contribution is -0.126. The number of ether oxygens (including phenoxy) is 3. The number of hydrogen-bond acceptors (Lipinski definition) is 20. The minimum Gasteiger partial charge on any atom is -0.507 e. The summed E-state index contributed by atoms with van der Waals surface area (Å²) in [5.41, 5.74) is 12.4. The molecule has 0 amide bonds. The number of Topliss-reactive ketones (excluding diaryl/α,β-unsaturated/α-hetero) is 1. The number of anilines is 3. The highest BCUT2D eigenvalue weighted by molar-refractivity contribution is 6.31. The molecule has 2 aliphatic carbocycles. The van der Waals surface area contributed by atoms with E-state index >= 15 is 0 Å². The second-order valence-corrected chi connectivity index (χ2v) is 17.6. The Labute approximate surface area is 428 Å². The molecule has 10 N–H and O–H groups in total. The number of aryl methyl sites for hydroxylation is 1. The van der Waals surface area contributed by atoms with Crippen molar-refractivity contribution in [2.45, 2.75) is 64.8 Å². The molecule has 0 saturated heterocycles. The third-order valence-corrected chi connectivity index (χ3v) is 12.3. The number of nitriles is 1. The average Bonchev–Trinajstić information content (AvgIpc) is 3.40. The summed E-state index contributed by atoms with van der Waals surface area (Å²) in [6.45, 7) is 4.56. The molecule has 75 heavy (non-hydrogen) atoms. The van der Waals surface area contributed by atoms with Crippen LogP contribution in [0.25, 0.3) is 0 Å². The molecule has 3 atom stereocenters. The number of carbonyl (C=O) groups is 4. The van der Waals surface area contributed by atoms with Crippen LogP contribution in [-0.2, 0) is 29.0 Å². The lowest BCUT2D eigenvalue weighted by Crippen LogP contribution is -2.40. The Kier molecular flexibility index (Phi) is 18.3. The molecular formula is C53H55FN8O13. The number of nitrogens with two attached hydrogens (primary N) is 2. The number of rotatable bonds is 15. The van der Waals surface area contributed by atoms with Crippen LogP contribution in [0, 0.1) is 30.0 Å². The minimum absolute atomic E-state index is 0.0370. The van der Waals surface area contributed by atoms with Crippen molar-refractivity contribution >= 4 is 40.7 Å². The number of benzene rings is 4. The standard InChI is InChI=1S/C27H24FN7O3.C21H18O7.C5H13NO3/c1-15(2)35-13-18(10-17(12-29)25(35)37)24(36)20-11-19(28)8-9-22(20)38-14-23-32-26(30)34-27(33-23)31-21-7-5-4-6-16(21)3;1-28-14-4-2-3-11-15(14)21(27)17-16(19(11)25)20(26)12-7-9(13(23)8-22)5-6-10(12)18(17)24;1-9-3-5(8)4(6)2-7/h4-11,13,15H,14H2,1-3H3,(H3,30,31,32,33,34);2-4,9,22,24,26H,5-8H2,1H3;4-5,7-8H,2-3,6H2,1H3/t;9-;/m.0./s1. The Bertz CT molecular complexity index is 3270. The second-order valence-electron chi connectivity index (χ2n) is 17.6. The molecule has 0 spiro atoms. The number of phenols is 2. The highest BCUT2D eigenvalue weighted by Gasteiger charge is 2.41. The highest BCUT2D eigenvalue weighted by Crippen LogP contribution is 2.47. The van der Waals surface area contributed by atoms with Gasteiger partial charge in [-0.1, -0.05) is 30.3 Å². The van der Waals surface area contributed by atoms with Gasteiger partial charge in [-0.3, -0.25) is 24.0 Å². The Morgan fingerprint density at radius 2 is 1.64 bits per heavy atom. The first kappa shape index (κ1) is 55.8. The summed E-state index contributed by atoms with van der Waals surface area (Å²) in [5, 5.41) is 60.5. The van der Waals surface area contributed by atoms with Crippen molar-refractivity contribution in [1.29, 1.82) is 5.26 Å². The summed E-state index contributed by atoms with van der Waals surface area (Å²) in [7, 11) is 2.85. The third-order valence-electron chi connectivity index (χ3n) is 12.3. The van der Waals surface area contributed by atoms with Crippen molar-refractivity contribution < 1.29 is 63.3 Å². The van der Waals surface area contributed by atoms with Crippen molar-refractivity contribution in [3.63, 3.8) is 0 Å². The Balaban J connectivity index is 0.000000216. The van der Waals surface area contributed by atoms with E-state index in [1.807, 2.05) is 37.3 Å².